The summed E-state index contributed by atoms with van der Waals surface area (Å²) in [6.07, 6.45) is 5.97. The Morgan fingerprint density at radius 3 is 2.29 bits per heavy atom. The van der Waals surface area contributed by atoms with Gasteiger partial charge in [0.2, 0.25) is 15.9 Å². The van der Waals surface area contributed by atoms with Crippen molar-refractivity contribution in [3.8, 4) is 0 Å². The first kappa shape index (κ1) is 28.4. The van der Waals surface area contributed by atoms with Crippen LogP contribution < -0.4 is 15.4 Å². The Balaban J connectivity index is 0.00000408. The van der Waals surface area contributed by atoms with Crippen molar-refractivity contribution >= 4 is 44.8 Å². The lowest BCUT2D eigenvalue weighted by molar-refractivity contribution is -0.134. The number of benzene rings is 2. The zero-order chi connectivity index (χ0) is 24.0. The van der Waals surface area contributed by atoms with Crippen molar-refractivity contribution in [1.82, 2.24) is 9.62 Å². The predicted molar refractivity (Wildman–Crippen MR) is 142 cm³/mol. The topological polar surface area (TPSA) is 95.7 Å². The molecule has 0 spiro atoms. The molecule has 7 nitrogen and oxygen atoms in total. The number of likely N-dealkylation sites (tertiary alicyclic amines) is 1. The summed E-state index contributed by atoms with van der Waals surface area (Å²) < 4.78 is 29.9. The third kappa shape index (κ3) is 7.07. The van der Waals surface area contributed by atoms with E-state index in [-0.39, 0.29) is 29.3 Å². The third-order valence-electron chi connectivity index (χ3n) is 6.30. The van der Waals surface area contributed by atoms with Crippen LogP contribution in [0.15, 0.2) is 41.3 Å². The van der Waals surface area contributed by atoms with Crippen LogP contribution in [0.2, 0.25) is 0 Å². The molecule has 1 saturated heterocycles. The van der Waals surface area contributed by atoms with E-state index in [0.29, 0.717) is 24.9 Å². The summed E-state index contributed by atoms with van der Waals surface area (Å²) in [6.45, 7) is 3.34. The largest absolute Gasteiger partial charge is 0.377 e. The second kappa shape index (κ2) is 12.7. The first-order chi connectivity index (χ1) is 15.7. The monoisotopic (exact) mass is 510 g/mol. The summed E-state index contributed by atoms with van der Waals surface area (Å²) in [5.74, 6) is -0.117. The number of carbonyl (C=O) groups excluding carboxylic acids is 1. The lowest BCUT2D eigenvalue weighted by Crippen LogP contribution is -2.49. The maximum Gasteiger partial charge on any atom is 0.241 e. The average molecular weight is 511 g/mol. The molecule has 9 heteroatoms. The summed E-state index contributed by atoms with van der Waals surface area (Å²) in [5.41, 5.74) is 6.81. The van der Waals surface area contributed by atoms with Crippen LogP contribution in [-0.4, -0.2) is 58.5 Å². The maximum atomic E-state index is 13.6. The molecule has 1 aliphatic rings. The second-order valence-corrected chi connectivity index (χ2v) is 11.0. The number of anilines is 1. The SMILES string of the molecule is CC(N)CCCCC(NS(=O)(=O)c1cccc2c(N(C)C)cccc12)C(=O)N1CCCCC1.Cl. The Morgan fingerprint density at radius 2 is 1.65 bits per heavy atom. The predicted octanol–water partition coefficient (Wildman–Crippen LogP) is 3.89. The highest BCUT2D eigenvalue weighted by Gasteiger charge is 2.30. The Morgan fingerprint density at radius 1 is 1.03 bits per heavy atom. The van der Waals surface area contributed by atoms with Gasteiger partial charge in [0.25, 0.3) is 0 Å². The number of fused-ring (bicyclic) bond motifs is 1. The van der Waals surface area contributed by atoms with Gasteiger partial charge in [-0.2, -0.15) is 4.72 Å². The molecule has 2 aromatic carbocycles. The molecule has 0 aliphatic carbocycles. The molecule has 0 saturated carbocycles. The van der Waals surface area contributed by atoms with Crippen LogP contribution in [0.4, 0.5) is 5.69 Å². The van der Waals surface area contributed by atoms with Crippen molar-refractivity contribution in [2.75, 3.05) is 32.1 Å². The van der Waals surface area contributed by atoms with E-state index in [1.807, 2.05) is 55.1 Å². The number of sulfonamides is 1. The second-order valence-electron chi connectivity index (χ2n) is 9.34. The number of nitrogens with one attached hydrogen (secondary N) is 1. The Bertz CT molecular complexity index is 1050. The lowest BCUT2D eigenvalue weighted by Gasteiger charge is -2.31. The molecule has 1 heterocycles. The molecular weight excluding hydrogens is 472 g/mol. The molecule has 0 radical (unpaired) electrons. The molecule has 3 rings (SSSR count). The molecule has 1 aliphatic heterocycles. The van der Waals surface area contributed by atoms with Crippen molar-refractivity contribution < 1.29 is 13.2 Å². The number of halogens is 1. The van der Waals surface area contributed by atoms with Crippen molar-refractivity contribution in [2.45, 2.75) is 68.8 Å². The van der Waals surface area contributed by atoms with Crippen LogP contribution in [0.3, 0.4) is 0 Å². The zero-order valence-corrected chi connectivity index (χ0v) is 22.1. The number of nitrogens with two attached hydrogens (primary N) is 1. The molecule has 34 heavy (non-hydrogen) atoms. The highest BCUT2D eigenvalue weighted by Crippen LogP contribution is 2.30. The Kier molecular flexibility index (Phi) is 10.6. The minimum atomic E-state index is -3.91. The number of unbranched alkanes of at least 4 members (excludes halogenated alkanes) is 1. The highest BCUT2D eigenvalue weighted by molar-refractivity contribution is 7.89. The van der Waals surface area contributed by atoms with Gasteiger partial charge in [0.05, 0.1) is 4.90 Å². The first-order valence-corrected chi connectivity index (χ1v) is 13.4. The van der Waals surface area contributed by atoms with E-state index in [2.05, 4.69) is 4.72 Å². The van der Waals surface area contributed by atoms with Gasteiger partial charge in [-0.15, -0.1) is 12.4 Å². The number of rotatable bonds is 10. The molecule has 3 N–H and O–H groups in total. The fraction of sp³-hybridized carbons (Fsp3) is 0.560. The standard InChI is InChI=1S/C25H38N4O3S.ClH/c1-19(26)11-5-6-14-22(25(30)29-17-7-4-8-18-29)27-33(31,32)24-16-10-12-20-21(24)13-9-15-23(20)28(2)3;/h9-10,12-13,15-16,19,22,27H,4-8,11,14,17-18,26H2,1-3H3;1H. The molecule has 1 fully saturated rings. The quantitative estimate of drug-likeness (QED) is 0.473. The molecule has 0 aromatic heterocycles. The van der Waals surface area contributed by atoms with Gasteiger partial charge in [0.15, 0.2) is 0 Å². The third-order valence-corrected chi connectivity index (χ3v) is 7.83. The minimum Gasteiger partial charge on any atom is -0.377 e. The smallest absolute Gasteiger partial charge is 0.241 e. The lowest BCUT2D eigenvalue weighted by atomic mass is 10.0. The number of piperidine rings is 1. The summed E-state index contributed by atoms with van der Waals surface area (Å²) in [4.78, 5) is 17.3. The number of nitrogens with zero attached hydrogens (tertiary/aromatic N) is 2. The van der Waals surface area contributed by atoms with Gasteiger partial charge in [-0.25, -0.2) is 8.42 Å². The van der Waals surface area contributed by atoms with Crippen LogP contribution in [0, 0.1) is 0 Å². The zero-order valence-electron chi connectivity index (χ0n) is 20.5. The Hall–Kier alpha value is -1.87. The van der Waals surface area contributed by atoms with Crippen molar-refractivity contribution in [2.24, 2.45) is 5.73 Å². The minimum absolute atomic E-state index is 0. The van der Waals surface area contributed by atoms with Crippen LogP contribution in [0.25, 0.3) is 10.8 Å². The van der Waals surface area contributed by atoms with Crippen molar-refractivity contribution in [1.29, 1.82) is 0 Å². The van der Waals surface area contributed by atoms with Gasteiger partial charge in [0.1, 0.15) is 6.04 Å². The average Bonchev–Trinajstić information content (AvgIpc) is 2.80. The van der Waals surface area contributed by atoms with E-state index in [0.717, 1.165) is 49.6 Å². The van der Waals surface area contributed by atoms with E-state index in [9.17, 15) is 13.2 Å². The fourth-order valence-electron chi connectivity index (χ4n) is 4.52. The summed E-state index contributed by atoms with van der Waals surface area (Å²) >= 11 is 0. The number of hydrogen-bond donors (Lipinski definition) is 2. The molecule has 2 aromatic rings. The van der Waals surface area contributed by atoms with Crippen LogP contribution in [0.5, 0.6) is 0 Å². The molecule has 0 bridgehead atoms. The van der Waals surface area contributed by atoms with Gasteiger partial charge < -0.3 is 15.5 Å². The van der Waals surface area contributed by atoms with Crippen LogP contribution in [-0.2, 0) is 14.8 Å². The first-order valence-electron chi connectivity index (χ1n) is 12.0. The highest BCUT2D eigenvalue weighted by atomic mass is 35.5. The van der Waals surface area contributed by atoms with E-state index in [4.69, 9.17) is 5.73 Å². The number of amides is 1. The normalized spacial score (nSPS) is 16.1. The molecular formula is C25H39ClN4O3S. The number of carbonyl (C=O) groups is 1. The van der Waals surface area contributed by atoms with Crippen molar-refractivity contribution in [3.05, 3.63) is 36.4 Å². The van der Waals surface area contributed by atoms with E-state index in [1.165, 1.54) is 0 Å². The van der Waals surface area contributed by atoms with Crippen LogP contribution in [0.1, 0.15) is 51.9 Å². The van der Waals surface area contributed by atoms with E-state index < -0.39 is 16.1 Å². The number of hydrogen-bond acceptors (Lipinski definition) is 5. The van der Waals surface area contributed by atoms with Crippen molar-refractivity contribution in [3.63, 3.8) is 0 Å². The van der Waals surface area contributed by atoms with Gasteiger partial charge in [-0.1, -0.05) is 37.1 Å². The Labute approximate surface area is 210 Å². The van der Waals surface area contributed by atoms with Gasteiger partial charge in [-0.3, -0.25) is 4.79 Å². The molecule has 2 atom stereocenters. The summed E-state index contributed by atoms with van der Waals surface area (Å²) in [7, 11) is -0.0379. The van der Waals surface area contributed by atoms with Gasteiger partial charge in [-0.05, 0) is 51.2 Å². The maximum absolute atomic E-state index is 13.6. The van der Waals surface area contributed by atoms with Gasteiger partial charge in [0, 0.05) is 49.7 Å². The fourth-order valence-corrected chi connectivity index (χ4v) is 5.97. The van der Waals surface area contributed by atoms with E-state index >= 15 is 0 Å². The van der Waals surface area contributed by atoms with Gasteiger partial charge >= 0.3 is 0 Å². The van der Waals surface area contributed by atoms with E-state index in [1.54, 1.807) is 12.1 Å². The van der Waals surface area contributed by atoms with Crippen LogP contribution >= 0.6 is 12.4 Å². The molecule has 190 valence electrons. The molecule has 2 unspecified atom stereocenters. The molecule has 1 amide bonds. The summed E-state index contributed by atoms with van der Waals surface area (Å²) in [5, 5.41) is 1.51. The summed E-state index contributed by atoms with van der Waals surface area (Å²) in [6, 6.07) is 10.3.